The Hall–Kier alpha value is -1.70. The Labute approximate surface area is 121 Å². The summed E-state index contributed by atoms with van der Waals surface area (Å²) in [6.07, 6.45) is 24.4. The SMILES string of the molecule is CN1C=CN2C3C=CC=CC3CC3C=CC=CC3C2C1. The molecule has 0 spiro atoms. The first-order valence-electron chi connectivity index (χ1n) is 7.69. The van der Waals surface area contributed by atoms with Gasteiger partial charge in [-0.2, -0.15) is 0 Å². The Kier molecular flexibility index (Phi) is 2.83. The maximum Gasteiger partial charge on any atom is 0.0538 e. The molecular formula is C18H22N2. The van der Waals surface area contributed by atoms with E-state index in [1.54, 1.807) is 0 Å². The highest BCUT2D eigenvalue weighted by Gasteiger charge is 2.41. The van der Waals surface area contributed by atoms with E-state index in [2.05, 4.69) is 77.9 Å². The van der Waals surface area contributed by atoms with Gasteiger partial charge in [-0.1, -0.05) is 48.6 Å². The van der Waals surface area contributed by atoms with Gasteiger partial charge in [0, 0.05) is 37.8 Å². The summed E-state index contributed by atoms with van der Waals surface area (Å²) in [5.41, 5.74) is 0. The Morgan fingerprint density at radius 1 is 0.850 bits per heavy atom. The largest absolute Gasteiger partial charge is 0.377 e. The van der Waals surface area contributed by atoms with Crippen molar-refractivity contribution < 1.29 is 0 Å². The molecule has 104 valence electrons. The van der Waals surface area contributed by atoms with Gasteiger partial charge in [0.05, 0.1) is 12.1 Å². The topological polar surface area (TPSA) is 6.48 Å². The molecule has 2 aliphatic carbocycles. The van der Waals surface area contributed by atoms with Gasteiger partial charge < -0.3 is 9.80 Å². The molecule has 0 radical (unpaired) electrons. The van der Waals surface area contributed by atoms with Crippen LogP contribution in [0.3, 0.4) is 0 Å². The molecule has 5 atom stereocenters. The Morgan fingerprint density at radius 2 is 1.60 bits per heavy atom. The van der Waals surface area contributed by atoms with E-state index in [0.717, 1.165) is 6.54 Å². The average Bonchev–Trinajstić information content (AvgIpc) is 2.61. The van der Waals surface area contributed by atoms with Crippen LogP contribution in [0.4, 0.5) is 0 Å². The molecule has 2 nitrogen and oxygen atoms in total. The summed E-state index contributed by atoms with van der Waals surface area (Å²) < 4.78 is 0. The zero-order valence-electron chi connectivity index (χ0n) is 12.0. The lowest BCUT2D eigenvalue weighted by Gasteiger charge is -2.44. The highest BCUT2D eigenvalue weighted by molar-refractivity contribution is 5.26. The molecule has 2 aliphatic heterocycles. The third-order valence-corrected chi connectivity index (χ3v) is 5.20. The van der Waals surface area contributed by atoms with Crippen molar-refractivity contribution in [3.63, 3.8) is 0 Å². The van der Waals surface area contributed by atoms with Crippen molar-refractivity contribution in [2.45, 2.75) is 18.5 Å². The Bertz CT molecular complexity index is 526. The summed E-state index contributed by atoms with van der Waals surface area (Å²) in [6, 6.07) is 1.12. The average molecular weight is 266 g/mol. The predicted octanol–water partition coefficient (Wildman–Crippen LogP) is 2.95. The molecule has 0 amide bonds. The minimum absolute atomic E-state index is 0.530. The second kappa shape index (κ2) is 4.69. The van der Waals surface area contributed by atoms with Gasteiger partial charge in [0.15, 0.2) is 0 Å². The highest BCUT2D eigenvalue weighted by Crippen LogP contribution is 2.41. The van der Waals surface area contributed by atoms with Crippen molar-refractivity contribution in [1.82, 2.24) is 9.80 Å². The van der Waals surface area contributed by atoms with E-state index in [1.165, 1.54) is 6.42 Å². The molecule has 4 rings (SSSR count). The fourth-order valence-corrected chi connectivity index (χ4v) is 4.21. The summed E-state index contributed by atoms with van der Waals surface area (Å²) in [4.78, 5) is 4.94. The van der Waals surface area contributed by atoms with E-state index in [4.69, 9.17) is 0 Å². The van der Waals surface area contributed by atoms with Crippen LogP contribution >= 0.6 is 0 Å². The second-order valence-electron chi connectivity index (χ2n) is 6.42. The summed E-state index contributed by atoms with van der Waals surface area (Å²) in [5.74, 6) is 1.96. The molecule has 0 aromatic rings. The normalized spacial score (nSPS) is 41.1. The number of hydrogen-bond donors (Lipinski definition) is 0. The number of fused-ring (bicyclic) bond motifs is 5. The van der Waals surface area contributed by atoms with Gasteiger partial charge >= 0.3 is 0 Å². The lowest BCUT2D eigenvalue weighted by Crippen LogP contribution is -2.51. The van der Waals surface area contributed by atoms with Crippen LogP contribution in [0.1, 0.15) is 6.42 Å². The zero-order valence-corrected chi connectivity index (χ0v) is 12.0. The Balaban J connectivity index is 1.76. The summed E-state index contributed by atoms with van der Waals surface area (Å²) in [5, 5.41) is 0. The number of allylic oxidation sites excluding steroid dienone is 5. The van der Waals surface area contributed by atoms with Crippen molar-refractivity contribution in [3.8, 4) is 0 Å². The van der Waals surface area contributed by atoms with Crippen molar-refractivity contribution in [1.29, 1.82) is 0 Å². The fourth-order valence-electron chi connectivity index (χ4n) is 4.21. The third-order valence-electron chi connectivity index (χ3n) is 5.20. The van der Waals surface area contributed by atoms with Crippen LogP contribution in [0.5, 0.6) is 0 Å². The number of hydrogen-bond acceptors (Lipinski definition) is 2. The van der Waals surface area contributed by atoms with Crippen molar-refractivity contribution >= 4 is 0 Å². The van der Waals surface area contributed by atoms with Crippen molar-refractivity contribution in [2.75, 3.05) is 13.6 Å². The van der Waals surface area contributed by atoms with Gasteiger partial charge in [0.2, 0.25) is 0 Å². The van der Waals surface area contributed by atoms with E-state index in [0.29, 0.717) is 29.8 Å². The molecule has 0 aromatic heterocycles. The lowest BCUT2D eigenvalue weighted by atomic mass is 9.78. The molecule has 0 saturated carbocycles. The smallest absolute Gasteiger partial charge is 0.0538 e. The molecular weight excluding hydrogens is 244 g/mol. The standard InChI is InChI=1S/C18H22N2/c1-19-10-11-20-17-9-5-3-7-15(17)12-14-6-2-4-8-16(14)18(20)13-19/h2-11,14-18H,12-13H2,1H3. The fraction of sp³-hybridized carbons (Fsp3) is 0.444. The van der Waals surface area contributed by atoms with Gasteiger partial charge in [-0.3, -0.25) is 0 Å². The number of likely N-dealkylation sites (N-methyl/N-ethyl adjacent to an activating group) is 1. The van der Waals surface area contributed by atoms with E-state index < -0.39 is 0 Å². The quantitative estimate of drug-likeness (QED) is 0.665. The minimum atomic E-state index is 0.530. The van der Waals surface area contributed by atoms with Gasteiger partial charge in [-0.05, 0) is 12.3 Å². The molecule has 2 heteroatoms. The van der Waals surface area contributed by atoms with Crippen LogP contribution in [0, 0.1) is 17.8 Å². The van der Waals surface area contributed by atoms with Crippen molar-refractivity contribution in [3.05, 3.63) is 61.0 Å². The van der Waals surface area contributed by atoms with Crippen molar-refractivity contribution in [2.24, 2.45) is 17.8 Å². The van der Waals surface area contributed by atoms with Crippen LogP contribution in [0.15, 0.2) is 61.0 Å². The van der Waals surface area contributed by atoms with E-state index in [9.17, 15) is 0 Å². The zero-order chi connectivity index (χ0) is 13.5. The summed E-state index contributed by atoms with van der Waals surface area (Å²) >= 11 is 0. The van der Waals surface area contributed by atoms with Gasteiger partial charge in [-0.25, -0.2) is 0 Å². The van der Waals surface area contributed by atoms with Crippen LogP contribution in [-0.2, 0) is 0 Å². The molecule has 0 bridgehead atoms. The van der Waals surface area contributed by atoms with Crippen LogP contribution < -0.4 is 0 Å². The maximum absolute atomic E-state index is 2.61. The molecule has 1 fully saturated rings. The second-order valence-corrected chi connectivity index (χ2v) is 6.42. The number of nitrogens with zero attached hydrogens (tertiary/aromatic N) is 2. The van der Waals surface area contributed by atoms with Crippen LogP contribution in [0.2, 0.25) is 0 Å². The molecule has 5 unspecified atom stereocenters. The summed E-state index contributed by atoms with van der Waals surface area (Å²) in [7, 11) is 2.18. The first kappa shape index (κ1) is 12.1. The van der Waals surface area contributed by atoms with Crippen LogP contribution in [-0.4, -0.2) is 35.5 Å². The van der Waals surface area contributed by atoms with Gasteiger partial charge in [-0.15, -0.1) is 0 Å². The van der Waals surface area contributed by atoms with Gasteiger partial charge in [0.1, 0.15) is 0 Å². The molecule has 0 aromatic carbocycles. The van der Waals surface area contributed by atoms with E-state index in [-0.39, 0.29) is 0 Å². The lowest BCUT2D eigenvalue weighted by molar-refractivity contribution is 0.136. The monoisotopic (exact) mass is 266 g/mol. The molecule has 4 aliphatic rings. The first-order valence-corrected chi connectivity index (χ1v) is 7.69. The van der Waals surface area contributed by atoms with E-state index >= 15 is 0 Å². The van der Waals surface area contributed by atoms with E-state index in [1.807, 2.05) is 0 Å². The molecule has 20 heavy (non-hydrogen) atoms. The maximum atomic E-state index is 2.61. The van der Waals surface area contributed by atoms with Gasteiger partial charge in [0.25, 0.3) is 0 Å². The first-order chi connectivity index (χ1) is 9.83. The predicted molar refractivity (Wildman–Crippen MR) is 82.8 cm³/mol. The Morgan fingerprint density at radius 3 is 2.50 bits per heavy atom. The highest BCUT2D eigenvalue weighted by atomic mass is 15.3. The summed E-state index contributed by atoms with van der Waals surface area (Å²) in [6.45, 7) is 1.12. The minimum Gasteiger partial charge on any atom is -0.377 e. The molecule has 0 N–H and O–H groups in total. The van der Waals surface area contributed by atoms with Crippen LogP contribution in [0.25, 0.3) is 0 Å². The number of rotatable bonds is 0. The molecule has 1 saturated heterocycles. The molecule has 2 heterocycles. The third kappa shape index (κ3) is 1.86.